The van der Waals surface area contributed by atoms with Crippen LogP contribution in [0.3, 0.4) is 0 Å². The fraction of sp³-hybridized carbons (Fsp3) is 0.462. The van der Waals surface area contributed by atoms with Crippen LogP contribution in [0.4, 0.5) is 5.82 Å². The molecule has 2 unspecified atom stereocenters. The van der Waals surface area contributed by atoms with Gasteiger partial charge in [-0.15, -0.1) is 0 Å². The summed E-state index contributed by atoms with van der Waals surface area (Å²) < 4.78 is 5.25. The second-order valence-electron chi connectivity index (χ2n) is 5.15. The summed E-state index contributed by atoms with van der Waals surface area (Å²) in [5.74, 6) is -1.28. The fourth-order valence-electron chi connectivity index (χ4n) is 2.12. The van der Waals surface area contributed by atoms with E-state index in [2.05, 4.69) is 10.3 Å². The van der Waals surface area contributed by atoms with Gasteiger partial charge in [0.15, 0.2) is 0 Å². The molecule has 1 aliphatic heterocycles. The van der Waals surface area contributed by atoms with Gasteiger partial charge in [0.1, 0.15) is 11.2 Å². The van der Waals surface area contributed by atoms with Crippen LogP contribution in [0.5, 0.6) is 0 Å². The van der Waals surface area contributed by atoms with E-state index >= 15 is 0 Å². The standard InChI is InChI=1S/C13H17N3O4/c1-7-3-4-8(10(14)17)11(15-7)16-9-5-20-6-13(9,2)12(18)19/h3-4,9H,5-6H2,1-2H3,(H2,14,17)(H,15,16)(H,18,19). The number of nitrogens with zero attached hydrogens (tertiary/aromatic N) is 1. The highest BCUT2D eigenvalue weighted by molar-refractivity contribution is 5.97. The largest absolute Gasteiger partial charge is 0.481 e. The quantitative estimate of drug-likeness (QED) is 0.734. The molecule has 1 amide bonds. The molecule has 0 radical (unpaired) electrons. The number of aromatic nitrogens is 1. The number of hydrogen-bond donors (Lipinski definition) is 3. The molecular weight excluding hydrogens is 262 g/mol. The Balaban J connectivity index is 2.32. The Kier molecular flexibility index (Phi) is 3.63. The number of carbonyl (C=O) groups is 2. The maximum atomic E-state index is 11.4. The third-order valence-corrected chi connectivity index (χ3v) is 3.55. The van der Waals surface area contributed by atoms with Gasteiger partial charge >= 0.3 is 5.97 Å². The zero-order valence-electron chi connectivity index (χ0n) is 11.3. The molecule has 4 N–H and O–H groups in total. The van der Waals surface area contributed by atoms with Crippen molar-refractivity contribution in [3.63, 3.8) is 0 Å². The van der Waals surface area contributed by atoms with Crippen LogP contribution in [-0.2, 0) is 9.53 Å². The topological polar surface area (TPSA) is 115 Å². The number of nitrogens with two attached hydrogens (primary N) is 1. The van der Waals surface area contributed by atoms with Gasteiger partial charge in [-0.1, -0.05) is 0 Å². The van der Waals surface area contributed by atoms with Crippen molar-refractivity contribution in [3.8, 4) is 0 Å². The molecule has 1 aromatic rings. The Bertz CT molecular complexity index is 561. The number of aryl methyl sites for hydroxylation is 1. The summed E-state index contributed by atoms with van der Waals surface area (Å²) in [7, 11) is 0. The Labute approximate surface area is 116 Å². The Morgan fingerprint density at radius 2 is 2.25 bits per heavy atom. The average Bonchev–Trinajstić information content (AvgIpc) is 2.72. The lowest BCUT2D eigenvalue weighted by Gasteiger charge is -2.26. The summed E-state index contributed by atoms with van der Waals surface area (Å²) in [5.41, 5.74) is 5.16. The lowest BCUT2D eigenvalue weighted by molar-refractivity contribution is -0.148. The molecule has 0 saturated carbocycles. The van der Waals surface area contributed by atoms with Crippen LogP contribution in [0.25, 0.3) is 0 Å². The smallest absolute Gasteiger partial charge is 0.313 e. The van der Waals surface area contributed by atoms with E-state index in [0.717, 1.165) is 0 Å². The maximum Gasteiger partial charge on any atom is 0.313 e. The van der Waals surface area contributed by atoms with Gasteiger partial charge in [0, 0.05) is 5.69 Å². The number of hydrogen-bond acceptors (Lipinski definition) is 5. The fourth-order valence-corrected chi connectivity index (χ4v) is 2.12. The first-order chi connectivity index (χ1) is 9.34. The molecule has 1 fully saturated rings. The zero-order valence-corrected chi connectivity index (χ0v) is 11.3. The van der Waals surface area contributed by atoms with E-state index < -0.39 is 23.3 Å². The summed E-state index contributed by atoms with van der Waals surface area (Å²) >= 11 is 0. The molecule has 7 nitrogen and oxygen atoms in total. The van der Waals surface area contributed by atoms with Crippen LogP contribution < -0.4 is 11.1 Å². The first kappa shape index (κ1) is 14.3. The van der Waals surface area contributed by atoms with E-state index in [1.54, 1.807) is 26.0 Å². The number of carboxylic acids is 1. The van der Waals surface area contributed by atoms with Gasteiger partial charge in [-0.05, 0) is 26.0 Å². The van der Waals surface area contributed by atoms with Gasteiger partial charge in [0.2, 0.25) is 0 Å². The SMILES string of the molecule is Cc1ccc(C(N)=O)c(NC2COCC2(C)C(=O)O)n1. The van der Waals surface area contributed by atoms with Crippen molar-refractivity contribution in [1.29, 1.82) is 0 Å². The molecule has 108 valence electrons. The van der Waals surface area contributed by atoms with Gasteiger partial charge in [0.05, 0.1) is 24.8 Å². The van der Waals surface area contributed by atoms with E-state index in [1.807, 2.05) is 0 Å². The van der Waals surface area contributed by atoms with Gasteiger partial charge in [-0.2, -0.15) is 0 Å². The van der Waals surface area contributed by atoms with Crippen molar-refractivity contribution < 1.29 is 19.4 Å². The van der Waals surface area contributed by atoms with Crippen molar-refractivity contribution in [1.82, 2.24) is 4.98 Å². The van der Waals surface area contributed by atoms with Gasteiger partial charge < -0.3 is 20.9 Å². The number of carbonyl (C=O) groups excluding carboxylic acids is 1. The van der Waals surface area contributed by atoms with Crippen LogP contribution in [0.2, 0.25) is 0 Å². The molecule has 0 aliphatic carbocycles. The molecule has 1 aliphatic rings. The Hall–Kier alpha value is -2.15. The highest BCUT2D eigenvalue weighted by atomic mass is 16.5. The number of anilines is 1. The van der Waals surface area contributed by atoms with E-state index in [1.165, 1.54) is 0 Å². The first-order valence-corrected chi connectivity index (χ1v) is 6.19. The highest BCUT2D eigenvalue weighted by Crippen LogP contribution is 2.31. The molecule has 7 heteroatoms. The van der Waals surface area contributed by atoms with Crippen LogP contribution in [0.1, 0.15) is 23.0 Å². The Morgan fingerprint density at radius 3 is 2.85 bits per heavy atom. The van der Waals surface area contributed by atoms with Crippen LogP contribution in [0.15, 0.2) is 12.1 Å². The average molecular weight is 279 g/mol. The normalized spacial score (nSPS) is 25.4. The number of pyridine rings is 1. The number of carboxylic acid groups (broad SMARTS) is 1. The van der Waals surface area contributed by atoms with Crippen LogP contribution in [0, 0.1) is 12.3 Å². The molecule has 1 aromatic heterocycles. The van der Waals surface area contributed by atoms with E-state index in [4.69, 9.17) is 10.5 Å². The van der Waals surface area contributed by atoms with Crippen molar-refractivity contribution >= 4 is 17.7 Å². The molecule has 1 saturated heterocycles. The third-order valence-electron chi connectivity index (χ3n) is 3.55. The molecule has 0 spiro atoms. The number of rotatable bonds is 4. The van der Waals surface area contributed by atoms with Crippen LogP contribution in [-0.4, -0.2) is 41.2 Å². The van der Waals surface area contributed by atoms with Crippen molar-refractivity contribution in [2.45, 2.75) is 19.9 Å². The molecule has 20 heavy (non-hydrogen) atoms. The summed E-state index contributed by atoms with van der Waals surface area (Å²) in [6.45, 7) is 3.71. The minimum absolute atomic E-state index is 0.109. The number of ether oxygens (including phenoxy) is 1. The zero-order chi connectivity index (χ0) is 14.9. The lowest BCUT2D eigenvalue weighted by atomic mass is 9.85. The molecule has 2 heterocycles. The van der Waals surface area contributed by atoms with Crippen molar-refractivity contribution in [2.75, 3.05) is 18.5 Å². The molecule has 0 bridgehead atoms. The van der Waals surface area contributed by atoms with Crippen molar-refractivity contribution in [3.05, 3.63) is 23.4 Å². The summed E-state index contributed by atoms with van der Waals surface area (Å²) in [6.07, 6.45) is 0. The van der Waals surface area contributed by atoms with Gasteiger partial charge in [0.25, 0.3) is 5.91 Å². The summed E-state index contributed by atoms with van der Waals surface area (Å²) in [6, 6.07) is 2.76. The number of primary amides is 1. The predicted molar refractivity (Wildman–Crippen MR) is 71.5 cm³/mol. The Morgan fingerprint density at radius 1 is 1.55 bits per heavy atom. The highest BCUT2D eigenvalue weighted by Gasteiger charge is 2.47. The summed E-state index contributed by atoms with van der Waals surface area (Å²) in [4.78, 5) is 27.0. The molecular formula is C13H17N3O4. The molecule has 2 rings (SSSR count). The second-order valence-corrected chi connectivity index (χ2v) is 5.15. The third kappa shape index (κ3) is 2.44. The van der Waals surface area contributed by atoms with Gasteiger partial charge in [-0.25, -0.2) is 4.98 Å². The number of aliphatic carboxylic acids is 1. The van der Waals surface area contributed by atoms with E-state index in [-0.39, 0.29) is 18.8 Å². The van der Waals surface area contributed by atoms with Gasteiger partial charge in [-0.3, -0.25) is 9.59 Å². The minimum Gasteiger partial charge on any atom is -0.481 e. The van der Waals surface area contributed by atoms with Crippen molar-refractivity contribution in [2.24, 2.45) is 11.1 Å². The minimum atomic E-state index is -1.07. The monoisotopic (exact) mass is 279 g/mol. The maximum absolute atomic E-state index is 11.4. The molecule has 2 atom stereocenters. The van der Waals surface area contributed by atoms with Crippen LogP contribution >= 0.6 is 0 Å². The summed E-state index contributed by atoms with van der Waals surface area (Å²) in [5, 5.41) is 12.3. The molecule has 0 aromatic carbocycles. The lowest BCUT2D eigenvalue weighted by Crippen LogP contribution is -2.44. The first-order valence-electron chi connectivity index (χ1n) is 6.19. The number of amides is 1. The second kappa shape index (κ2) is 5.09. The van der Waals surface area contributed by atoms with E-state index in [0.29, 0.717) is 11.5 Å². The van der Waals surface area contributed by atoms with E-state index in [9.17, 15) is 14.7 Å². The number of nitrogens with one attached hydrogen (secondary N) is 1. The predicted octanol–water partition coefficient (Wildman–Crippen LogP) is 0.391.